The van der Waals surface area contributed by atoms with E-state index in [4.69, 9.17) is 9.47 Å². The number of likely N-dealkylation sites (N-methyl/N-ethyl adjacent to an activating group) is 1. The van der Waals surface area contributed by atoms with Gasteiger partial charge in [-0.1, -0.05) is 6.92 Å². The summed E-state index contributed by atoms with van der Waals surface area (Å²) in [6.45, 7) is 7.19. The molecule has 1 aliphatic rings. The van der Waals surface area contributed by atoms with Gasteiger partial charge >= 0.3 is 0 Å². The summed E-state index contributed by atoms with van der Waals surface area (Å²) in [5.74, 6) is -0.516. The molecule has 1 unspecified atom stereocenters. The summed E-state index contributed by atoms with van der Waals surface area (Å²) in [5.41, 5.74) is 0.348. The van der Waals surface area contributed by atoms with Gasteiger partial charge < -0.3 is 9.47 Å². The van der Waals surface area contributed by atoms with Crippen LogP contribution in [0.1, 0.15) is 24.2 Å². The van der Waals surface area contributed by atoms with Crippen LogP contribution < -0.4 is 4.74 Å². The molecule has 0 amide bonds. The highest BCUT2D eigenvalue weighted by molar-refractivity contribution is 5.94. The van der Waals surface area contributed by atoms with E-state index in [1.54, 1.807) is 6.07 Å². The van der Waals surface area contributed by atoms with Gasteiger partial charge in [-0.25, -0.2) is 4.39 Å². The zero-order valence-electron chi connectivity index (χ0n) is 11.9. The number of ether oxygens (including phenoxy) is 2. The normalized spacial score (nSPS) is 19.9. The van der Waals surface area contributed by atoms with Gasteiger partial charge in [0.2, 0.25) is 0 Å². The molecule has 1 aromatic carbocycles. The molecule has 1 aliphatic heterocycles. The molecule has 5 heteroatoms. The van der Waals surface area contributed by atoms with Crippen LogP contribution in [0.15, 0.2) is 18.2 Å². The predicted molar refractivity (Wildman–Crippen MR) is 73.8 cm³/mol. The van der Waals surface area contributed by atoms with E-state index in [1.165, 1.54) is 19.1 Å². The average molecular weight is 281 g/mol. The maximum Gasteiger partial charge on any atom is 0.165 e. The van der Waals surface area contributed by atoms with Crippen molar-refractivity contribution >= 4 is 5.78 Å². The summed E-state index contributed by atoms with van der Waals surface area (Å²) < 4.78 is 24.8. The number of halogens is 1. The van der Waals surface area contributed by atoms with Crippen molar-refractivity contribution in [2.75, 3.05) is 32.8 Å². The van der Waals surface area contributed by atoms with Crippen molar-refractivity contribution in [1.29, 1.82) is 0 Å². The third kappa shape index (κ3) is 3.77. The highest BCUT2D eigenvalue weighted by atomic mass is 19.1. The molecular formula is C15H20FNO3. The van der Waals surface area contributed by atoms with Crippen LogP contribution >= 0.6 is 0 Å². The smallest absolute Gasteiger partial charge is 0.165 e. The molecule has 1 heterocycles. The van der Waals surface area contributed by atoms with Crippen LogP contribution in [0.2, 0.25) is 0 Å². The first-order valence-corrected chi connectivity index (χ1v) is 6.87. The molecule has 2 rings (SSSR count). The third-order valence-electron chi connectivity index (χ3n) is 3.43. The first-order valence-electron chi connectivity index (χ1n) is 6.87. The Hall–Kier alpha value is -1.46. The third-order valence-corrected chi connectivity index (χ3v) is 3.43. The van der Waals surface area contributed by atoms with E-state index in [1.807, 2.05) is 0 Å². The second kappa shape index (κ2) is 6.81. The molecule has 0 bridgehead atoms. The second-order valence-electron chi connectivity index (χ2n) is 4.90. The molecule has 0 N–H and O–H groups in total. The van der Waals surface area contributed by atoms with E-state index >= 15 is 0 Å². The van der Waals surface area contributed by atoms with Gasteiger partial charge in [0, 0.05) is 18.7 Å². The van der Waals surface area contributed by atoms with Gasteiger partial charge in [-0.05, 0) is 31.7 Å². The molecule has 0 radical (unpaired) electrons. The second-order valence-corrected chi connectivity index (χ2v) is 4.90. The molecule has 1 atom stereocenters. The Morgan fingerprint density at radius 1 is 1.55 bits per heavy atom. The van der Waals surface area contributed by atoms with Crippen molar-refractivity contribution in [2.45, 2.75) is 20.0 Å². The lowest BCUT2D eigenvalue weighted by atomic mass is 10.1. The van der Waals surface area contributed by atoms with E-state index in [0.29, 0.717) is 18.8 Å². The van der Waals surface area contributed by atoms with Crippen molar-refractivity contribution in [3.8, 4) is 5.75 Å². The summed E-state index contributed by atoms with van der Waals surface area (Å²) in [6, 6.07) is 4.27. The predicted octanol–water partition coefficient (Wildman–Crippen LogP) is 2.13. The number of hydrogen-bond donors (Lipinski definition) is 0. The fraction of sp³-hybridized carbons (Fsp3) is 0.533. The summed E-state index contributed by atoms with van der Waals surface area (Å²) in [7, 11) is 0. The Balaban J connectivity index is 1.92. The van der Waals surface area contributed by atoms with Gasteiger partial charge in [0.15, 0.2) is 17.3 Å². The summed E-state index contributed by atoms with van der Waals surface area (Å²) in [4.78, 5) is 13.4. The van der Waals surface area contributed by atoms with Crippen LogP contribution in [-0.2, 0) is 4.74 Å². The monoisotopic (exact) mass is 281 g/mol. The van der Waals surface area contributed by atoms with Gasteiger partial charge in [0.25, 0.3) is 0 Å². The Kier molecular flexibility index (Phi) is 5.09. The van der Waals surface area contributed by atoms with Crippen molar-refractivity contribution < 1.29 is 18.7 Å². The number of Topliss-reactive ketones (excluding diaryl/α,β-unsaturated/α-hetero) is 1. The fourth-order valence-corrected chi connectivity index (χ4v) is 2.19. The van der Waals surface area contributed by atoms with Gasteiger partial charge in [-0.2, -0.15) is 0 Å². The van der Waals surface area contributed by atoms with E-state index in [9.17, 15) is 9.18 Å². The number of benzene rings is 1. The van der Waals surface area contributed by atoms with Crippen LogP contribution in [0.5, 0.6) is 5.75 Å². The van der Waals surface area contributed by atoms with Gasteiger partial charge in [0.1, 0.15) is 12.7 Å². The van der Waals surface area contributed by atoms with E-state index in [2.05, 4.69) is 11.8 Å². The number of nitrogens with zero attached hydrogens (tertiary/aromatic N) is 1. The zero-order valence-corrected chi connectivity index (χ0v) is 11.9. The van der Waals surface area contributed by atoms with Crippen molar-refractivity contribution in [3.05, 3.63) is 29.6 Å². The largest absolute Gasteiger partial charge is 0.488 e. The lowest BCUT2D eigenvalue weighted by molar-refractivity contribution is -0.0468. The number of ketones is 1. The summed E-state index contributed by atoms with van der Waals surface area (Å²) >= 11 is 0. The Morgan fingerprint density at radius 2 is 2.35 bits per heavy atom. The van der Waals surface area contributed by atoms with Crippen molar-refractivity contribution in [1.82, 2.24) is 4.90 Å². The molecule has 0 spiro atoms. The Morgan fingerprint density at radius 3 is 3.00 bits per heavy atom. The molecule has 110 valence electrons. The van der Waals surface area contributed by atoms with Crippen molar-refractivity contribution in [2.24, 2.45) is 0 Å². The lowest BCUT2D eigenvalue weighted by Crippen LogP contribution is -2.44. The first-order chi connectivity index (χ1) is 9.60. The Labute approximate surface area is 118 Å². The SMILES string of the molecule is CCN1CCOC(COc2ccc(C(C)=O)cc2F)C1. The van der Waals surface area contributed by atoms with Crippen LogP contribution in [0, 0.1) is 5.82 Å². The van der Waals surface area contributed by atoms with Crippen LogP contribution in [0.4, 0.5) is 4.39 Å². The zero-order chi connectivity index (χ0) is 14.5. The average Bonchev–Trinajstić information content (AvgIpc) is 2.46. The molecule has 0 saturated carbocycles. The Bertz CT molecular complexity index is 478. The molecule has 4 nitrogen and oxygen atoms in total. The van der Waals surface area contributed by atoms with E-state index in [-0.39, 0.29) is 17.6 Å². The maximum atomic E-state index is 13.8. The molecule has 1 aromatic rings. The summed E-state index contributed by atoms with van der Waals surface area (Å²) in [6.07, 6.45) is -0.0458. The number of carbonyl (C=O) groups excluding carboxylic acids is 1. The van der Waals surface area contributed by atoms with Crippen LogP contribution in [0.25, 0.3) is 0 Å². The maximum absolute atomic E-state index is 13.8. The molecule has 1 fully saturated rings. The highest BCUT2D eigenvalue weighted by Crippen LogP contribution is 2.19. The number of morpholine rings is 1. The minimum atomic E-state index is -0.513. The van der Waals surface area contributed by atoms with E-state index < -0.39 is 5.82 Å². The molecule has 1 saturated heterocycles. The van der Waals surface area contributed by atoms with Gasteiger partial charge in [0.05, 0.1) is 6.61 Å². The lowest BCUT2D eigenvalue weighted by Gasteiger charge is -2.31. The molecule has 20 heavy (non-hydrogen) atoms. The van der Waals surface area contributed by atoms with Crippen LogP contribution in [-0.4, -0.2) is 49.6 Å². The van der Waals surface area contributed by atoms with E-state index in [0.717, 1.165) is 19.6 Å². The fourth-order valence-electron chi connectivity index (χ4n) is 2.19. The topological polar surface area (TPSA) is 38.8 Å². The standard InChI is InChI=1S/C15H20FNO3/c1-3-17-6-7-19-13(9-17)10-20-15-5-4-12(11(2)18)8-14(15)16/h4-5,8,13H,3,6-7,9-10H2,1-2H3. The molecular weight excluding hydrogens is 261 g/mol. The minimum absolute atomic E-state index is 0.0458. The summed E-state index contributed by atoms with van der Waals surface area (Å²) in [5, 5.41) is 0. The highest BCUT2D eigenvalue weighted by Gasteiger charge is 2.20. The number of rotatable bonds is 5. The minimum Gasteiger partial charge on any atom is -0.488 e. The van der Waals surface area contributed by atoms with Crippen LogP contribution in [0.3, 0.4) is 0 Å². The quantitative estimate of drug-likeness (QED) is 0.775. The first kappa shape index (κ1) is 14.9. The molecule has 0 aliphatic carbocycles. The number of carbonyl (C=O) groups is 1. The van der Waals surface area contributed by atoms with Crippen molar-refractivity contribution in [3.63, 3.8) is 0 Å². The van der Waals surface area contributed by atoms with Gasteiger partial charge in [-0.15, -0.1) is 0 Å². The number of hydrogen-bond acceptors (Lipinski definition) is 4. The van der Waals surface area contributed by atoms with Gasteiger partial charge in [-0.3, -0.25) is 9.69 Å². The molecule has 0 aromatic heterocycles.